The minimum Gasteiger partial charge on any atom is -0.380 e. The zero-order valence-corrected chi connectivity index (χ0v) is 10.9. The number of hydrogen-bond donors (Lipinski definition) is 1. The van der Waals surface area contributed by atoms with Gasteiger partial charge in [-0.25, -0.2) is 0 Å². The van der Waals surface area contributed by atoms with Gasteiger partial charge in [-0.05, 0) is 39.2 Å². The maximum Gasteiger partial charge on any atom is 0.108 e. The minimum atomic E-state index is -0.298. The van der Waals surface area contributed by atoms with Crippen molar-refractivity contribution in [3.8, 4) is 6.07 Å². The normalized spacial score (nSPS) is 39.1. The number of likely N-dealkylation sites (tertiary alicyclic amines) is 1. The predicted octanol–water partition coefficient (Wildman–Crippen LogP) is 1.13. The van der Waals surface area contributed by atoms with E-state index in [1.807, 2.05) is 7.05 Å². The minimum absolute atomic E-state index is 0.298. The number of nitriles is 1. The molecule has 4 heteroatoms. The second-order valence-corrected chi connectivity index (χ2v) is 5.34. The van der Waals surface area contributed by atoms with E-state index in [1.54, 1.807) is 7.11 Å². The van der Waals surface area contributed by atoms with Gasteiger partial charge in [0, 0.05) is 26.2 Å². The first-order valence-corrected chi connectivity index (χ1v) is 6.60. The third-order valence-corrected chi connectivity index (χ3v) is 4.44. The molecule has 1 aliphatic carbocycles. The van der Waals surface area contributed by atoms with Crippen LogP contribution in [0.5, 0.6) is 0 Å². The Kier molecular flexibility index (Phi) is 4.03. The lowest BCUT2D eigenvalue weighted by molar-refractivity contribution is 0.0880. The molecule has 2 rings (SSSR count). The predicted molar refractivity (Wildman–Crippen MR) is 66.6 cm³/mol. The Labute approximate surface area is 104 Å². The van der Waals surface area contributed by atoms with Crippen molar-refractivity contribution >= 4 is 0 Å². The molecule has 1 N–H and O–H groups in total. The van der Waals surface area contributed by atoms with Crippen LogP contribution >= 0.6 is 0 Å². The van der Waals surface area contributed by atoms with Gasteiger partial charge in [0.1, 0.15) is 5.54 Å². The molecule has 3 unspecified atom stereocenters. The molecule has 1 saturated heterocycles. The maximum absolute atomic E-state index is 9.34. The topological polar surface area (TPSA) is 48.3 Å². The fraction of sp³-hybridized carbons (Fsp3) is 0.923. The molecular formula is C13H23N3O. The molecule has 0 aromatic rings. The van der Waals surface area contributed by atoms with Crippen LogP contribution in [0.3, 0.4) is 0 Å². The van der Waals surface area contributed by atoms with Gasteiger partial charge in [0.25, 0.3) is 0 Å². The van der Waals surface area contributed by atoms with Gasteiger partial charge >= 0.3 is 0 Å². The molecule has 0 aromatic heterocycles. The van der Waals surface area contributed by atoms with Crippen molar-refractivity contribution in [2.24, 2.45) is 0 Å². The zero-order chi connectivity index (χ0) is 12.3. The summed E-state index contributed by atoms with van der Waals surface area (Å²) in [6.07, 6.45) is 5.83. The molecule has 2 fully saturated rings. The molecule has 96 valence electrons. The van der Waals surface area contributed by atoms with Crippen LogP contribution in [-0.2, 0) is 4.74 Å². The van der Waals surface area contributed by atoms with Crippen molar-refractivity contribution in [2.75, 3.05) is 27.2 Å². The number of ether oxygens (including phenoxy) is 1. The van der Waals surface area contributed by atoms with Crippen LogP contribution in [0.4, 0.5) is 0 Å². The quantitative estimate of drug-likeness (QED) is 0.799. The first kappa shape index (κ1) is 12.8. The highest BCUT2D eigenvalue weighted by molar-refractivity contribution is 5.10. The van der Waals surface area contributed by atoms with E-state index in [4.69, 9.17) is 4.74 Å². The van der Waals surface area contributed by atoms with E-state index in [0.717, 1.165) is 38.8 Å². The lowest BCUT2D eigenvalue weighted by Crippen LogP contribution is -2.51. The lowest BCUT2D eigenvalue weighted by Gasteiger charge is -2.39. The van der Waals surface area contributed by atoms with E-state index in [9.17, 15) is 5.26 Å². The summed E-state index contributed by atoms with van der Waals surface area (Å²) >= 11 is 0. The summed E-state index contributed by atoms with van der Waals surface area (Å²) in [6.45, 7) is 2.15. The third-order valence-electron chi connectivity index (χ3n) is 4.44. The number of nitrogens with one attached hydrogen (secondary N) is 1. The number of hydrogen-bond acceptors (Lipinski definition) is 4. The summed E-state index contributed by atoms with van der Waals surface area (Å²) in [5.41, 5.74) is -0.298. The molecule has 4 nitrogen and oxygen atoms in total. The third kappa shape index (κ3) is 2.62. The van der Waals surface area contributed by atoms with Crippen molar-refractivity contribution in [1.29, 1.82) is 5.26 Å². The molecule has 1 aliphatic heterocycles. The van der Waals surface area contributed by atoms with Gasteiger partial charge in [-0.3, -0.25) is 4.90 Å². The number of rotatable bonds is 3. The zero-order valence-electron chi connectivity index (χ0n) is 10.9. The highest BCUT2D eigenvalue weighted by Gasteiger charge is 2.39. The van der Waals surface area contributed by atoms with Crippen molar-refractivity contribution in [3.05, 3.63) is 0 Å². The summed E-state index contributed by atoms with van der Waals surface area (Å²) in [5, 5.41) is 12.6. The van der Waals surface area contributed by atoms with Gasteiger partial charge in [-0.15, -0.1) is 0 Å². The van der Waals surface area contributed by atoms with Crippen molar-refractivity contribution in [1.82, 2.24) is 10.2 Å². The highest BCUT2D eigenvalue weighted by Crippen LogP contribution is 2.32. The second kappa shape index (κ2) is 5.34. The van der Waals surface area contributed by atoms with Crippen LogP contribution in [0, 0.1) is 11.3 Å². The SMILES string of the molecule is CNC1(C#N)CCCC(N2CCC(OC)C2)C1. The van der Waals surface area contributed by atoms with Crippen LogP contribution in [-0.4, -0.2) is 49.8 Å². The Morgan fingerprint density at radius 3 is 2.88 bits per heavy atom. The molecule has 0 bridgehead atoms. The monoisotopic (exact) mass is 237 g/mol. The number of methoxy groups -OCH3 is 1. The largest absolute Gasteiger partial charge is 0.380 e. The number of nitrogens with zero attached hydrogens (tertiary/aromatic N) is 2. The summed E-state index contributed by atoms with van der Waals surface area (Å²) < 4.78 is 5.41. The van der Waals surface area contributed by atoms with E-state index in [0.29, 0.717) is 12.1 Å². The average Bonchev–Trinajstić information content (AvgIpc) is 2.87. The summed E-state index contributed by atoms with van der Waals surface area (Å²) in [5.74, 6) is 0. The summed E-state index contributed by atoms with van der Waals surface area (Å²) in [7, 11) is 3.70. The van der Waals surface area contributed by atoms with E-state index in [1.165, 1.54) is 6.42 Å². The van der Waals surface area contributed by atoms with E-state index in [2.05, 4.69) is 16.3 Å². The Bertz CT molecular complexity index is 302. The second-order valence-electron chi connectivity index (χ2n) is 5.34. The molecule has 3 atom stereocenters. The van der Waals surface area contributed by atoms with E-state index in [-0.39, 0.29) is 5.54 Å². The summed E-state index contributed by atoms with van der Waals surface area (Å²) in [6, 6.07) is 3.03. The van der Waals surface area contributed by atoms with Crippen LogP contribution in [0.15, 0.2) is 0 Å². The molecular weight excluding hydrogens is 214 g/mol. The van der Waals surface area contributed by atoms with Gasteiger partial charge in [0.15, 0.2) is 0 Å². The average molecular weight is 237 g/mol. The van der Waals surface area contributed by atoms with Crippen LogP contribution in [0.1, 0.15) is 32.1 Å². The van der Waals surface area contributed by atoms with Gasteiger partial charge in [-0.1, -0.05) is 0 Å². The van der Waals surface area contributed by atoms with Gasteiger partial charge in [0.05, 0.1) is 12.2 Å². The fourth-order valence-corrected chi connectivity index (χ4v) is 3.22. The van der Waals surface area contributed by atoms with Gasteiger partial charge < -0.3 is 10.1 Å². The van der Waals surface area contributed by atoms with Crippen LogP contribution in [0.25, 0.3) is 0 Å². The maximum atomic E-state index is 9.34. The first-order valence-electron chi connectivity index (χ1n) is 6.60. The lowest BCUT2D eigenvalue weighted by atomic mass is 9.79. The fourth-order valence-electron chi connectivity index (χ4n) is 3.22. The Morgan fingerprint density at radius 2 is 2.29 bits per heavy atom. The van der Waals surface area contributed by atoms with E-state index < -0.39 is 0 Å². The van der Waals surface area contributed by atoms with Gasteiger partial charge in [-0.2, -0.15) is 5.26 Å². The van der Waals surface area contributed by atoms with Crippen LogP contribution in [0.2, 0.25) is 0 Å². The van der Waals surface area contributed by atoms with Crippen molar-refractivity contribution < 1.29 is 4.74 Å². The molecule has 17 heavy (non-hydrogen) atoms. The van der Waals surface area contributed by atoms with Crippen molar-refractivity contribution in [2.45, 2.75) is 49.8 Å². The molecule has 0 amide bonds. The Morgan fingerprint density at radius 1 is 1.47 bits per heavy atom. The first-order chi connectivity index (χ1) is 8.23. The molecule has 1 heterocycles. The molecule has 0 aromatic carbocycles. The van der Waals surface area contributed by atoms with Gasteiger partial charge in [0.2, 0.25) is 0 Å². The van der Waals surface area contributed by atoms with Crippen LogP contribution < -0.4 is 5.32 Å². The molecule has 0 spiro atoms. The van der Waals surface area contributed by atoms with Crippen molar-refractivity contribution in [3.63, 3.8) is 0 Å². The highest BCUT2D eigenvalue weighted by atomic mass is 16.5. The standard InChI is InChI=1S/C13H23N3O/c1-15-13(10-14)6-3-4-11(8-13)16-7-5-12(9-16)17-2/h11-12,15H,3-9H2,1-2H3. The van der Waals surface area contributed by atoms with E-state index >= 15 is 0 Å². The molecule has 1 saturated carbocycles. The smallest absolute Gasteiger partial charge is 0.108 e. The Hall–Kier alpha value is -0.630. The summed E-state index contributed by atoms with van der Waals surface area (Å²) in [4.78, 5) is 2.51. The molecule has 0 radical (unpaired) electrons. The molecule has 2 aliphatic rings. The Balaban J connectivity index is 1.96.